The molecule has 0 radical (unpaired) electrons. The molecule has 0 bridgehead atoms. The summed E-state index contributed by atoms with van der Waals surface area (Å²) in [5, 5.41) is 14.8. The fraction of sp³-hybridized carbons (Fsp3) is 0.0400. The number of hydrazone groups is 1. The second-order valence-corrected chi connectivity index (χ2v) is 8.10. The Labute approximate surface area is 209 Å². The number of amides is 2. The van der Waals surface area contributed by atoms with Crippen molar-refractivity contribution in [2.45, 2.75) is 0 Å². The Hall–Kier alpha value is -4.90. The Balaban J connectivity index is 1.30. The molecule has 36 heavy (non-hydrogen) atoms. The van der Waals surface area contributed by atoms with Crippen molar-refractivity contribution in [1.82, 2.24) is 15.6 Å². The second kappa shape index (κ2) is 11.5. The lowest BCUT2D eigenvalue weighted by Crippen LogP contribution is -2.32. The molecule has 4 rings (SSSR count). The van der Waals surface area contributed by atoms with Crippen molar-refractivity contribution in [3.05, 3.63) is 90.0 Å². The number of nitrogens with zero attached hydrogens (tertiary/aromatic N) is 3. The third kappa shape index (κ3) is 6.36. The van der Waals surface area contributed by atoms with Crippen molar-refractivity contribution in [3.8, 4) is 22.1 Å². The number of anilines is 1. The Morgan fingerprint density at radius 1 is 0.889 bits per heavy atom. The van der Waals surface area contributed by atoms with Gasteiger partial charge in [0.25, 0.3) is 0 Å². The van der Waals surface area contributed by atoms with Gasteiger partial charge in [-0.3, -0.25) is 14.9 Å². The van der Waals surface area contributed by atoms with Gasteiger partial charge in [-0.05, 0) is 42.0 Å². The standard InChI is InChI=1S/C25H19N5O5S/c1-34-19-12-10-18(11-13-19)24(33)35-20-9-5-6-16(14-20)15-26-28-22(32)21(31)27-25-30-29-23(36-25)17-7-3-2-4-8-17/h2-15H,1H3,(H,28,32)(H,27,30,31)/b26-15+. The third-order valence-corrected chi connectivity index (χ3v) is 5.53. The Kier molecular flexibility index (Phi) is 7.73. The maximum Gasteiger partial charge on any atom is 0.343 e. The lowest BCUT2D eigenvalue weighted by atomic mass is 10.2. The van der Waals surface area contributed by atoms with E-state index >= 15 is 0 Å². The van der Waals surface area contributed by atoms with Gasteiger partial charge in [0.05, 0.1) is 18.9 Å². The van der Waals surface area contributed by atoms with Crippen LogP contribution in [0.2, 0.25) is 0 Å². The van der Waals surface area contributed by atoms with E-state index in [4.69, 9.17) is 9.47 Å². The predicted molar refractivity (Wildman–Crippen MR) is 134 cm³/mol. The molecule has 0 aliphatic heterocycles. The van der Waals surface area contributed by atoms with Gasteiger partial charge >= 0.3 is 17.8 Å². The van der Waals surface area contributed by atoms with Crippen molar-refractivity contribution in [1.29, 1.82) is 0 Å². The Bertz CT molecular complexity index is 1400. The van der Waals surface area contributed by atoms with Gasteiger partial charge in [0.2, 0.25) is 5.13 Å². The molecule has 0 fully saturated rings. The van der Waals surface area contributed by atoms with Gasteiger partial charge in [0.1, 0.15) is 16.5 Å². The van der Waals surface area contributed by atoms with Crippen LogP contribution in [0.3, 0.4) is 0 Å². The van der Waals surface area contributed by atoms with Crippen molar-refractivity contribution >= 4 is 40.5 Å². The molecule has 180 valence electrons. The van der Waals surface area contributed by atoms with Crippen LogP contribution in [-0.4, -0.2) is 41.3 Å². The fourth-order valence-electron chi connectivity index (χ4n) is 2.89. The molecule has 1 aromatic heterocycles. The normalized spacial score (nSPS) is 10.6. The molecule has 10 nitrogen and oxygen atoms in total. The topological polar surface area (TPSA) is 132 Å². The van der Waals surface area contributed by atoms with Crippen LogP contribution >= 0.6 is 11.3 Å². The van der Waals surface area contributed by atoms with Crippen LogP contribution in [0.5, 0.6) is 11.5 Å². The monoisotopic (exact) mass is 501 g/mol. The molecule has 11 heteroatoms. The van der Waals surface area contributed by atoms with Crippen molar-refractivity contribution in [2.75, 3.05) is 12.4 Å². The molecule has 2 amide bonds. The average Bonchev–Trinajstić information content (AvgIpc) is 3.38. The molecule has 0 aliphatic carbocycles. The van der Waals surface area contributed by atoms with Crippen molar-refractivity contribution in [2.24, 2.45) is 5.10 Å². The SMILES string of the molecule is COc1ccc(C(=O)Oc2cccc(/C=N/NC(=O)C(=O)Nc3nnc(-c4ccccc4)s3)c2)cc1. The smallest absolute Gasteiger partial charge is 0.343 e. The number of hydrogen-bond donors (Lipinski definition) is 2. The molecule has 4 aromatic rings. The number of benzene rings is 3. The maximum atomic E-state index is 12.3. The first-order valence-electron chi connectivity index (χ1n) is 10.5. The molecule has 0 atom stereocenters. The zero-order chi connectivity index (χ0) is 25.3. The lowest BCUT2D eigenvalue weighted by Gasteiger charge is -2.06. The Morgan fingerprint density at radius 3 is 2.42 bits per heavy atom. The van der Waals surface area contributed by atoms with Gasteiger partial charge in [-0.15, -0.1) is 10.2 Å². The number of ether oxygens (including phenoxy) is 2. The van der Waals surface area contributed by atoms with Crippen molar-refractivity contribution in [3.63, 3.8) is 0 Å². The number of methoxy groups -OCH3 is 1. The first-order chi connectivity index (χ1) is 17.5. The number of rotatable bonds is 7. The van der Waals surface area contributed by atoms with Gasteiger partial charge < -0.3 is 9.47 Å². The van der Waals surface area contributed by atoms with Gasteiger partial charge in [0.15, 0.2) is 0 Å². The summed E-state index contributed by atoms with van der Waals surface area (Å²) in [6.45, 7) is 0. The highest BCUT2D eigenvalue weighted by atomic mass is 32.1. The highest BCUT2D eigenvalue weighted by Crippen LogP contribution is 2.25. The second-order valence-electron chi connectivity index (χ2n) is 7.12. The summed E-state index contributed by atoms with van der Waals surface area (Å²) >= 11 is 1.14. The summed E-state index contributed by atoms with van der Waals surface area (Å²) < 4.78 is 10.4. The molecule has 2 N–H and O–H groups in total. The molecule has 0 spiro atoms. The number of carbonyl (C=O) groups is 3. The first-order valence-corrected chi connectivity index (χ1v) is 11.3. The highest BCUT2D eigenvalue weighted by Gasteiger charge is 2.16. The van der Waals surface area contributed by atoms with E-state index in [2.05, 4.69) is 26.0 Å². The number of nitrogens with one attached hydrogen (secondary N) is 2. The summed E-state index contributed by atoms with van der Waals surface area (Å²) in [6.07, 6.45) is 1.31. The van der Waals surface area contributed by atoms with E-state index in [0.29, 0.717) is 21.9 Å². The maximum absolute atomic E-state index is 12.3. The van der Waals surface area contributed by atoms with E-state index in [0.717, 1.165) is 16.9 Å². The van der Waals surface area contributed by atoms with Crippen LogP contribution in [-0.2, 0) is 9.59 Å². The Morgan fingerprint density at radius 2 is 1.67 bits per heavy atom. The van der Waals surface area contributed by atoms with Crippen LogP contribution in [0.25, 0.3) is 10.6 Å². The minimum atomic E-state index is -0.982. The van der Waals surface area contributed by atoms with E-state index in [1.807, 2.05) is 30.3 Å². The molecule has 0 saturated carbocycles. The van der Waals surface area contributed by atoms with Crippen LogP contribution in [0, 0.1) is 0 Å². The predicted octanol–water partition coefficient (Wildman–Crippen LogP) is 3.52. The third-order valence-electron chi connectivity index (χ3n) is 4.65. The minimum absolute atomic E-state index is 0.185. The zero-order valence-corrected chi connectivity index (χ0v) is 19.7. The highest BCUT2D eigenvalue weighted by molar-refractivity contribution is 7.18. The average molecular weight is 502 g/mol. The summed E-state index contributed by atoms with van der Waals surface area (Å²) in [7, 11) is 1.54. The molecule has 0 aliphatic rings. The minimum Gasteiger partial charge on any atom is -0.497 e. The van der Waals surface area contributed by atoms with Crippen LogP contribution in [0.1, 0.15) is 15.9 Å². The van der Waals surface area contributed by atoms with E-state index in [1.54, 1.807) is 48.5 Å². The summed E-state index contributed by atoms with van der Waals surface area (Å²) in [4.78, 5) is 36.5. The van der Waals surface area contributed by atoms with Gasteiger partial charge in [-0.2, -0.15) is 5.10 Å². The van der Waals surface area contributed by atoms with Gasteiger partial charge in [-0.25, -0.2) is 10.2 Å². The number of hydrogen-bond acceptors (Lipinski definition) is 9. The largest absolute Gasteiger partial charge is 0.497 e. The van der Waals surface area contributed by atoms with Gasteiger partial charge in [0, 0.05) is 5.56 Å². The van der Waals surface area contributed by atoms with E-state index in [9.17, 15) is 14.4 Å². The van der Waals surface area contributed by atoms with Crippen molar-refractivity contribution < 1.29 is 23.9 Å². The van der Waals surface area contributed by atoms with Gasteiger partial charge in [-0.1, -0.05) is 53.8 Å². The molecular weight excluding hydrogens is 482 g/mol. The summed E-state index contributed by atoms with van der Waals surface area (Å²) in [6, 6.07) is 22.3. The molecule has 3 aromatic carbocycles. The van der Waals surface area contributed by atoms with E-state index in [-0.39, 0.29) is 10.9 Å². The fourth-order valence-corrected chi connectivity index (χ4v) is 3.64. The summed E-state index contributed by atoms with van der Waals surface area (Å²) in [5.41, 5.74) is 3.89. The summed E-state index contributed by atoms with van der Waals surface area (Å²) in [5.74, 6) is -1.55. The molecular formula is C25H19N5O5S. The first kappa shape index (κ1) is 24.2. The van der Waals surface area contributed by atoms with Crippen LogP contribution in [0.4, 0.5) is 5.13 Å². The molecule has 1 heterocycles. The number of esters is 1. The van der Waals surface area contributed by atoms with Crippen LogP contribution < -0.4 is 20.2 Å². The van der Waals surface area contributed by atoms with E-state index in [1.165, 1.54) is 13.3 Å². The lowest BCUT2D eigenvalue weighted by molar-refractivity contribution is -0.136. The zero-order valence-electron chi connectivity index (χ0n) is 18.9. The number of carbonyl (C=O) groups excluding carboxylic acids is 3. The molecule has 0 saturated heterocycles. The number of aromatic nitrogens is 2. The molecule has 0 unspecified atom stereocenters. The quantitative estimate of drug-likeness (QED) is 0.130. The van der Waals surface area contributed by atoms with Crippen LogP contribution in [0.15, 0.2) is 84.0 Å². The van der Waals surface area contributed by atoms with E-state index < -0.39 is 17.8 Å².